The largest absolute Gasteiger partial charge is 0.450 e. The van der Waals surface area contributed by atoms with E-state index >= 15 is 0 Å². The SMILES string of the molecule is CCOC(=O)N1CCC(NC(=O)CCN2C(=O)c3ccc(Br)cc3C2=O)CC1. The molecule has 1 aromatic rings. The predicted molar refractivity (Wildman–Crippen MR) is 104 cm³/mol. The van der Waals surface area contributed by atoms with E-state index in [0.29, 0.717) is 43.7 Å². The molecule has 0 spiro atoms. The number of ether oxygens (including phenoxy) is 1. The van der Waals surface area contributed by atoms with Crippen LogP contribution in [-0.2, 0) is 9.53 Å². The second-order valence-electron chi connectivity index (χ2n) is 6.73. The molecule has 0 unspecified atom stereocenters. The van der Waals surface area contributed by atoms with Crippen LogP contribution in [0.25, 0.3) is 0 Å². The summed E-state index contributed by atoms with van der Waals surface area (Å²) < 4.78 is 5.70. The summed E-state index contributed by atoms with van der Waals surface area (Å²) in [5.41, 5.74) is 0.714. The van der Waals surface area contributed by atoms with Crippen molar-refractivity contribution in [1.29, 1.82) is 0 Å². The molecule has 9 heteroatoms. The van der Waals surface area contributed by atoms with E-state index in [9.17, 15) is 19.2 Å². The van der Waals surface area contributed by atoms with E-state index in [4.69, 9.17) is 4.74 Å². The minimum Gasteiger partial charge on any atom is -0.450 e. The molecular formula is C19H22BrN3O5. The number of fused-ring (bicyclic) bond motifs is 1. The maximum absolute atomic E-state index is 12.4. The molecular weight excluding hydrogens is 430 g/mol. The zero-order valence-corrected chi connectivity index (χ0v) is 17.2. The van der Waals surface area contributed by atoms with Crippen molar-refractivity contribution in [3.8, 4) is 0 Å². The summed E-state index contributed by atoms with van der Waals surface area (Å²) in [6.07, 6.45) is 1.01. The van der Waals surface area contributed by atoms with Crippen LogP contribution in [0.15, 0.2) is 22.7 Å². The molecule has 2 heterocycles. The van der Waals surface area contributed by atoms with Gasteiger partial charge < -0.3 is 15.0 Å². The van der Waals surface area contributed by atoms with Crippen molar-refractivity contribution in [2.24, 2.45) is 0 Å². The average molecular weight is 452 g/mol. The molecule has 28 heavy (non-hydrogen) atoms. The lowest BCUT2D eigenvalue weighted by Gasteiger charge is -2.31. The van der Waals surface area contributed by atoms with Crippen LogP contribution < -0.4 is 5.32 Å². The lowest BCUT2D eigenvalue weighted by Crippen LogP contribution is -2.47. The van der Waals surface area contributed by atoms with Crippen LogP contribution in [0, 0.1) is 0 Å². The molecule has 8 nitrogen and oxygen atoms in total. The van der Waals surface area contributed by atoms with Crippen LogP contribution in [0.1, 0.15) is 46.9 Å². The molecule has 0 bridgehead atoms. The number of piperidine rings is 1. The number of imide groups is 1. The molecule has 1 aromatic carbocycles. The zero-order chi connectivity index (χ0) is 20.3. The van der Waals surface area contributed by atoms with Gasteiger partial charge in [-0.15, -0.1) is 0 Å². The number of carbonyl (C=O) groups is 4. The minimum absolute atomic E-state index is 0.0312. The van der Waals surface area contributed by atoms with Gasteiger partial charge in [0.1, 0.15) is 0 Å². The van der Waals surface area contributed by atoms with Crippen molar-refractivity contribution < 1.29 is 23.9 Å². The Morgan fingerprint density at radius 1 is 1.18 bits per heavy atom. The van der Waals surface area contributed by atoms with Gasteiger partial charge in [0.15, 0.2) is 0 Å². The third-order valence-electron chi connectivity index (χ3n) is 4.88. The molecule has 1 N–H and O–H groups in total. The van der Waals surface area contributed by atoms with Gasteiger partial charge in [-0.1, -0.05) is 15.9 Å². The Morgan fingerprint density at radius 3 is 2.54 bits per heavy atom. The maximum Gasteiger partial charge on any atom is 0.409 e. The van der Waals surface area contributed by atoms with Crippen molar-refractivity contribution >= 4 is 39.7 Å². The normalized spacial score (nSPS) is 16.9. The highest BCUT2D eigenvalue weighted by Crippen LogP contribution is 2.26. The Morgan fingerprint density at radius 2 is 1.86 bits per heavy atom. The van der Waals surface area contributed by atoms with Crippen LogP contribution in [0.4, 0.5) is 4.79 Å². The number of hydrogen-bond acceptors (Lipinski definition) is 5. The van der Waals surface area contributed by atoms with Crippen molar-refractivity contribution in [2.75, 3.05) is 26.2 Å². The third-order valence-corrected chi connectivity index (χ3v) is 5.37. The minimum atomic E-state index is -0.378. The third kappa shape index (κ3) is 4.35. The summed E-state index contributed by atoms with van der Waals surface area (Å²) in [7, 11) is 0. The van der Waals surface area contributed by atoms with Crippen molar-refractivity contribution in [3.63, 3.8) is 0 Å². The van der Waals surface area contributed by atoms with Crippen LogP contribution in [-0.4, -0.2) is 65.9 Å². The molecule has 150 valence electrons. The van der Waals surface area contributed by atoms with Gasteiger partial charge in [-0.25, -0.2) is 4.79 Å². The van der Waals surface area contributed by atoms with E-state index in [0.717, 1.165) is 9.37 Å². The summed E-state index contributed by atoms with van der Waals surface area (Å²) in [5, 5.41) is 2.92. The number of rotatable bonds is 5. The Kier molecular flexibility index (Phi) is 6.33. The second-order valence-corrected chi connectivity index (χ2v) is 7.65. The van der Waals surface area contributed by atoms with E-state index in [2.05, 4.69) is 21.2 Å². The van der Waals surface area contributed by atoms with E-state index < -0.39 is 0 Å². The first-order valence-electron chi connectivity index (χ1n) is 9.27. The van der Waals surface area contributed by atoms with Crippen LogP contribution in [0.3, 0.4) is 0 Å². The van der Waals surface area contributed by atoms with Gasteiger partial charge in [0.05, 0.1) is 17.7 Å². The highest BCUT2D eigenvalue weighted by atomic mass is 79.9. The number of likely N-dealkylation sites (tertiary alicyclic amines) is 1. The summed E-state index contributed by atoms with van der Waals surface area (Å²) in [5.74, 6) is -0.966. The first kappa shape index (κ1) is 20.3. The second kappa shape index (κ2) is 8.72. The monoisotopic (exact) mass is 451 g/mol. The number of halogens is 1. The lowest BCUT2D eigenvalue weighted by molar-refractivity contribution is -0.122. The first-order chi connectivity index (χ1) is 13.4. The predicted octanol–water partition coefficient (Wildman–Crippen LogP) is 2.17. The fourth-order valence-electron chi connectivity index (χ4n) is 3.40. The summed E-state index contributed by atoms with van der Waals surface area (Å²) in [4.78, 5) is 51.5. The van der Waals surface area contributed by atoms with Gasteiger partial charge in [0.2, 0.25) is 5.91 Å². The number of nitrogens with one attached hydrogen (secondary N) is 1. The van der Waals surface area contributed by atoms with Gasteiger partial charge in [-0.05, 0) is 38.0 Å². The molecule has 0 radical (unpaired) electrons. The number of amides is 4. The summed E-state index contributed by atoms with van der Waals surface area (Å²) in [6, 6.07) is 4.91. The van der Waals surface area contributed by atoms with Crippen LogP contribution in [0.2, 0.25) is 0 Å². The van der Waals surface area contributed by atoms with Gasteiger partial charge >= 0.3 is 6.09 Å². The molecule has 1 saturated heterocycles. The van der Waals surface area contributed by atoms with Gasteiger partial charge in [0, 0.05) is 36.6 Å². The molecule has 1 fully saturated rings. The van der Waals surface area contributed by atoms with E-state index in [1.54, 1.807) is 30.0 Å². The molecule has 0 aliphatic carbocycles. The molecule has 0 aromatic heterocycles. The molecule has 0 atom stereocenters. The van der Waals surface area contributed by atoms with Gasteiger partial charge in [-0.2, -0.15) is 0 Å². The van der Waals surface area contributed by atoms with Gasteiger partial charge in [0.25, 0.3) is 11.8 Å². The summed E-state index contributed by atoms with van der Waals surface area (Å²) >= 11 is 3.29. The lowest BCUT2D eigenvalue weighted by atomic mass is 10.1. The van der Waals surface area contributed by atoms with Crippen molar-refractivity contribution in [3.05, 3.63) is 33.8 Å². The molecule has 3 rings (SSSR count). The first-order valence-corrected chi connectivity index (χ1v) is 10.1. The fraction of sp³-hybridized carbons (Fsp3) is 0.474. The quantitative estimate of drug-likeness (QED) is 0.691. The number of benzene rings is 1. The molecule has 0 saturated carbocycles. The molecule has 2 aliphatic heterocycles. The highest BCUT2D eigenvalue weighted by molar-refractivity contribution is 9.10. The van der Waals surface area contributed by atoms with Gasteiger partial charge in [-0.3, -0.25) is 19.3 Å². The van der Waals surface area contributed by atoms with Crippen LogP contribution >= 0.6 is 15.9 Å². The highest BCUT2D eigenvalue weighted by Gasteiger charge is 2.35. The Balaban J connectivity index is 1.46. The van der Waals surface area contributed by atoms with Crippen LogP contribution in [0.5, 0.6) is 0 Å². The fourth-order valence-corrected chi connectivity index (χ4v) is 3.76. The molecule has 4 amide bonds. The number of nitrogens with zero attached hydrogens (tertiary/aromatic N) is 2. The maximum atomic E-state index is 12.4. The molecule has 2 aliphatic rings. The summed E-state index contributed by atoms with van der Waals surface area (Å²) in [6.45, 7) is 3.19. The standard InChI is InChI=1S/C19H22BrN3O5/c1-2-28-19(27)22-8-5-13(6-9-22)21-16(24)7-10-23-17(25)14-4-3-12(20)11-15(14)18(23)26/h3-4,11,13H,2,5-10H2,1H3,(H,21,24). The van der Waals surface area contributed by atoms with Crippen molar-refractivity contribution in [1.82, 2.24) is 15.1 Å². The zero-order valence-electron chi connectivity index (χ0n) is 15.6. The van der Waals surface area contributed by atoms with Crippen molar-refractivity contribution in [2.45, 2.75) is 32.2 Å². The Bertz CT molecular complexity index is 805. The Labute approximate surface area is 171 Å². The van der Waals surface area contributed by atoms with E-state index in [1.807, 2.05) is 0 Å². The smallest absolute Gasteiger partial charge is 0.409 e. The Hall–Kier alpha value is -2.42. The number of hydrogen-bond donors (Lipinski definition) is 1. The topological polar surface area (TPSA) is 96.0 Å². The average Bonchev–Trinajstić information content (AvgIpc) is 2.90. The van der Waals surface area contributed by atoms with E-state index in [-0.39, 0.29) is 42.8 Å². The number of carbonyl (C=O) groups excluding carboxylic acids is 4. The van der Waals surface area contributed by atoms with E-state index in [1.165, 1.54) is 0 Å².